The molecule has 5 heteroatoms. The van der Waals surface area contributed by atoms with Crippen molar-refractivity contribution in [1.82, 2.24) is 24.9 Å². The van der Waals surface area contributed by atoms with Crippen LogP contribution in [0.15, 0.2) is 194 Å². The Hall–Kier alpha value is -7.63. The molecule has 2 heterocycles. The van der Waals surface area contributed by atoms with Crippen molar-refractivity contribution in [2.24, 2.45) is 0 Å². The number of allylic oxidation sites excluding steroid dienone is 6. The second kappa shape index (κ2) is 18.8. The molecule has 0 fully saturated rings. The van der Waals surface area contributed by atoms with Gasteiger partial charge in [-0.1, -0.05) is 200 Å². The van der Waals surface area contributed by atoms with Crippen LogP contribution in [0.5, 0.6) is 0 Å². The highest BCUT2D eigenvalue weighted by Gasteiger charge is 2.14. The van der Waals surface area contributed by atoms with Crippen LogP contribution in [0.2, 0.25) is 0 Å². The Kier molecular flexibility index (Phi) is 12.3. The van der Waals surface area contributed by atoms with Gasteiger partial charge in [0.15, 0.2) is 23.3 Å². The summed E-state index contributed by atoms with van der Waals surface area (Å²) in [5.41, 5.74) is 11.6. The topological polar surface area (TPSA) is 64.5 Å². The van der Waals surface area contributed by atoms with Gasteiger partial charge < -0.3 is 0 Å². The molecule has 1 aliphatic carbocycles. The Morgan fingerprint density at radius 1 is 0.500 bits per heavy atom. The molecule has 60 heavy (non-hydrogen) atoms. The van der Waals surface area contributed by atoms with Crippen LogP contribution in [0.25, 0.3) is 80.5 Å². The van der Waals surface area contributed by atoms with Gasteiger partial charge in [-0.05, 0) is 60.4 Å². The lowest BCUT2D eigenvalue weighted by molar-refractivity contribution is 1.01. The first-order chi connectivity index (χ1) is 29.5. The van der Waals surface area contributed by atoms with Crippen LogP contribution in [-0.2, 0) is 0 Å². The fourth-order valence-corrected chi connectivity index (χ4v) is 6.97. The first-order valence-electron chi connectivity index (χ1n) is 20.3. The zero-order chi connectivity index (χ0) is 41.1. The molecule has 290 valence electrons. The fourth-order valence-electron chi connectivity index (χ4n) is 6.97. The van der Waals surface area contributed by atoms with E-state index < -0.39 is 0 Å². The van der Waals surface area contributed by atoms with Gasteiger partial charge in [0.1, 0.15) is 0 Å². The van der Waals surface area contributed by atoms with E-state index in [1.54, 1.807) is 0 Å². The summed E-state index contributed by atoms with van der Waals surface area (Å²) in [4.78, 5) is 23.9. The summed E-state index contributed by atoms with van der Waals surface area (Å²) in [5, 5.41) is 2.17. The molecular formula is C55H45N5. The van der Waals surface area contributed by atoms with Crippen LogP contribution in [-0.4, -0.2) is 24.9 Å². The van der Waals surface area contributed by atoms with Gasteiger partial charge in [0.25, 0.3) is 0 Å². The van der Waals surface area contributed by atoms with Gasteiger partial charge in [-0.3, -0.25) is 0 Å². The quantitative estimate of drug-likeness (QED) is 0.154. The van der Waals surface area contributed by atoms with Crippen molar-refractivity contribution in [3.63, 3.8) is 0 Å². The van der Waals surface area contributed by atoms with E-state index in [2.05, 4.69) is 111 Å². The molecule has 0 spiro atoms. The van der Waals surface area contributed by atoms with Crippen molar-refractivity contribution >= 4 is 23.8 Å². The van der Waals surface area contributed by atoms with Crippen molar-refractivity contribution in [3.05, 3.63) is 222 Å². The molecule has 0 saturated heterocycles. The van der Waals surface area contributed by atoms with Gasteiger partial charge in [-0.25, -0.2) is 24.9 Å². The lowest BCUT2D eigenvalue weighted by Crippen LogP contribution is -2.22. The minimum absolute atomic E-state index is 0.708. The number of hydrogen-bond acceptors (Lipinski definition) is 5. The molecule has 9 rings (SSSR count). The zero-order valence-corrected chi connectivity index (χ0v) is 33.9. The summed E-state index contributed by atoms with van der Waals surface area (Å²) < 4.78 is 0. The maximum absolute atomic E-state index is 4.94. The van der Waals surface area contributed by atoms with Gasteiger partial charge in [0, 0.05) is 33.4 Å². The summed E-state index contributed by atoms with van der Waals surface area (Å²) >= 11 is 0. The molecule has 0 radical (unpaired) electrons. The molecule has 0 bridgehead atoms. The van der Waals surface area contributed by atoms with Crippen LogP contribution in [0.1, 0.15) is 36.7 Å². The summed E-state index contributed by atoms with van der Waals surface area (Å²) in [6.07, 6.45) is 12.9. The zero-order valence-electron chi connectivity index (χ0n) is 33.9. The van der Waals surface area contributed by atoms with Crippen LogP contribution in [0.3, 0.4) is 0 Å². The van der Waals surface area contributed by atoms with Crippen LogP contribution < -0.4 is 10.4 Å². The number of aryl methyl sites for hydroxylation is 1. The minimum Gasteiger partial charge on any atom is -0.228 e. The lowest BCUT2D eigenvalue weighted by atomic mass is 10.00. The van der Waals surface area contributed by atoms with Crippen LogP contribution in [0.4, 0.5) is 0 Å². The lowest BCUT2D eigenvalue weighted by Gasteiger charge is -2.10. The molecule has 0 unspecified atom stereocenters. The molecule has 5 nitrogen and oxygen atoms in total. The molecule has 0 saturated carbocycles. The van der Waals surface area contributed by atoms with E-state index in [0.29, 0.717) is 11.6 Å². The van der Waals surface area contributed by atoms with E-state index in [1.807, 2.05) is 109 Å². The Morgan fingerprint density at radius 3 is 1.48 bits per heavy atom. The van der Waals surface area contributed by atoms with Crippen LogP contribution >= 0.6 is 0 Å². The Morgan fingerprint density at radius 2 is 0.983 bits per heavy atom. The third-order valence-corrected chi connectivity index (χ3v) is 10.2. The van der Waals surface area contributed by atoms with E-state index in [9.17, 15) is 0 Å². The third kappa shape index (κ3) is 9.55. The number of benzene rings is 6. The summed E-state index contributed by atoms with van der Waals surface area (Å²) in [5.74, 6) is 2.87. The molecule has 2 aromatic heterocycles. The molecular weight excluding hydrogens is 731 g/mol. The average molecular weight is 776 g/mol. The standard InChI is InChI=1S/C34H28N2.C21H17N3/c1-4-26(22-31-21-24(2)15-16-25(31)3)27-17-19-29(20-18-27)33-23-32(28-11-7-5-8-12-28)35-34(36-33)30-13-9-6-10-14-30;1-4-10-16(11-5-1)19-22-20(17-12-6-2-7-13-17)24-21(23-19)18-14-8-3-9-15-18/h4-23H,3H2,1-2H3;1-2,4-8,10-15H,3,9H2/b26-4+,31-22-;. The number of nitrogens with zero attached hydrogens (tertiary/aromatic N) is 5. The van der Waals surface area contributed by atoms with Gasteiger partial charge in [-0.2, -0.15) is 0 Å². The normalized spacial score (nSPS) is 12.7. The number of aromatic nitrogens is 5. The highest BCUT2D eigenvalue weighted by atomic mass is 15.0. The SMILES string of the molecule is C1=CC(c2nc(-c3ccccc3)nc(-c3ccccc3)n2)=CCC1.C=c1ccc(C)c/c1=C/C(=C\C)c1ccc(-c2cc(-c3ccccc3)nc(-c3ccccc3)n2)cc1. The summed E-state index contributed by atoms with van der Waals surface area (Å²) in [6.45, 7) is 8.37. The largest absolute Gasteiger partial charge is 0.228 e. The van der Waals surface area contributed by atoms with E-state index in [1.165, 1.54) is 5.56 Å². The van der Waals surface area contributed by atoms with Crippen molar-refractivity contribution in [1.29, 1.82) is 0 Å². The predicted molar refractivity (Wildman–Crippen MR) is 249 cm³/mol. The molecule has 1 aliphatic rings. The summed E-state index contributed by atoms with van der Waals surface area (Å²) in [6, 6.07) is 57.5. The van der Waals surface area contributed by atoms with Gasteiger partial charge >= 0.3 is 0 Å². The first kappa shape index (κ1) is 39.2. The molecule has 0 atom stereocenters. The van der Waals surface area contributed by atoms with Crippen LogP contribution in [0, 0.1) is 6.92 Å². The minimum atomic E-state index is 0.708. The maximum Gasteiger partial charge on any atom is 0.164 e. The number of hydrogen-bond donors (Lipinski definition) is 0. The van der Waals surface area contributed by atoms with Crippen molar-refractivity contribution in [3.8, 4) is 56.7 Å². The van der Waals surface area contributed by atoms with Crippen molar-refractivity contribution in [2.75, 3.05) is 0 Å². The molecule has 0 aliphatic heterocycles. The number of rotatable bonds is 8. The van der Waals surface area contributed by atoms with E-state index in [4.69, 9.17) is 24.9 Å². The van der Waals surface area contributed by atoms with Crippen molar-refractivity contribution < 1.29 is 0 Å². The second-order valence-corrected chi connectivity index (χ2v) is 14.5. The van der Waals surface area contributed by atoms with Gasteiger partial charge in [0.05, 0.1) is 11.4 Å². The Bertz CT molecular complexity index is 2800. The monoisotopic (exact) mass is 775 g/mol. The second-order valence-electron chi connectivity index (χ2n) is 14.5. The van der Waals surface area contributed by atoms with Gasteiger partial charge in [0.2, 0.25) is 0 Å². The van der Waals surface area contributed by atoms with Gasteiger partial charge in [-0.15, -0.1) is 0 Å². The fraction of sp³-hybridized carbons (Fsp3) is 0.0727. The Labute approximate surface area is 352 Å². The molecule has 0 N–H and O–H groups in total. The average Bonchev–Trinajstić information content (AvgIpc) is 3.33. The molecule has 0 amide bonds. The molecule has 8 aromatic rings. The van der Waals surface area contributed by atoms with E-state index in [-0.39, 0.29) is 0 Å². The highest BCUT2D eigenvalue weighted by molar-refractivity contribution is 5.89. The highest BCUT2D eigenvalue weighted by Crippen LogP contribution is 2.29. The van der Waals surface area contributed by atoms with Crippen molar-refractivity contribution in [2.45, 2.75) is 26.7 Å². The Balaban J connectivity index is 0.000000180. The third-order valence-electron chi connectivity index (χ3n) is 10.2. The first-order valence-corrected chi connectivity index (χ1v) is 20.3. The molecule has 6 aromatic carbocycles. The van der Waals surface area contributed by atoms with E-state index >= 15 is 0 Å². The smallest absolute Gasteiger partial charge is 0.164 e. The van der Waals surface area contributed by atoms with E-state index in [0.717, 1.165) is 90.8 Å². The summed E-state index contributed by atoms with van der Waals surface area (Å²) in [7, 11) is 0. The maximum atomic E-state index is 4.94. The predicted octanol–water partition coefficient (Wildman–Crippen LogP) is 12.0.